The van der Waals surface area contributed by atoms with E-state index in [9.17, 15) is 9.59 Å². The summed E-state index contributed by atoms with van der Waals surface area (Å²) in [7, 11) is 5.17. The molecule has 0 heterocycles. The van der Waals surface area contributed by atoms with Gasteiger partial charge in [-0.3, -0.25) is 9.79 Å². The second kappa shape index (κ2) is 11.2. The third-order valence-corrected chi connectivity index (χ3v) is 3.60. The fraction of sp³-hybridized carbons (Fsp3) is 0.550. The zero-order chi connectivity index (χ0) is 21.2. The fourth-order valence-corrected chi connectivity index (χ4v) is 2.32. The van der Waals surface area contributed by atoms with Crippen LogP contribution in [0.3, 0.4) is 0 Å². The van der Waals surface area contributed by atoms with Crippen molar-refractivity contribution >= 4 is 18.0 Å². The van der Waals surface area contributed by atoms with E-state index in [2.05, 4.69) is 20.9 Å². The molecule has 0 aliphatic rings. The molecule has 8 heteroatoms. The normalized spacial score (nSPS) is 11.6. The van der Waals surface area contributed by atoms with Gasteiger partial charge in [-0.15, -0.1) is 0 Å². The smallest absolute Gasteiger partial charge is 0.407 e. The van der Waals surface area contributed by atoms with Gasteiger partial charge in [0, 0.05) is 46.3 Å². The van der Waals surface area contributed by atoms with Crippen LogP contribution in [0.25, 0.3) is 0 Å². The molecule has 0 bridgehead atoms. The van der Waals surface area contributed by atoms with Crippen LogP contribution in [-0.2, 0) is 11.2 Å². The van der Waals surface area contributed by atoms with Crippen molar-refractivity contribution in [3.63, 3.8) is 0 Å². The Labute approximate surface area is 167 Å². The quantitative estimate of drug-likeness (QED) is 0.373. The number of nitrogens with zero attached hydrogens (tertiary/aromatic N) is 2. The van der Waals surface area contributed by atoms with Crippen molar-refractivity contribution in [1.29, 1.82) is 0 Å². The maximum Gasteiger partial charge on any atom is 0.407 e. The maximum absolute atomic E-state index is 12.0. The molecule has 3 N–H and O–H groups in total. The standard InChI is InChI=1S/C20H33N5O3/c1-20(2,3)28-19(27)24-13-12-23-18(21-4)22-11-10-15-8-7-9-16(14-15)17(26)25(5)6/h7-9,14H,10-13H2,1-6H3,(H,24,27)(H2,21,22,23). The number of aliphatic imine (C=N–C) groups is 1. The summed E-state index contributed by atoms with van der Waals surface area (Å²) in [6.45, 7) is 7.07. The molecule has 0 unspecified atom stereocenters. The maximum atomic E-state index is 12.0. The lowest BCUT2D eigenvalue weighted by atomic mass is 10.1. The van der Waals surface area contributed by atoms with E-state index in [0.717, 1.165) is 12.0 Å². The molecule has 0 aromatic heterocycles. The van der Waals surface area contributed by atoms with Crippen molar-refractivity contribution in [3.8, 4) is 0 Å². The number of amides is 2. The van der Waals surface area contributed by atoms with E-state index in [-0.39, 0.29) is 5.91 Å². The Hall–Kier alpha value is -2.77. The van der Waals surface area contributed by atoms with E-state index in [0.29, 0.717) is 31.2 Å². The summed E-state index contributed by atoms with van der Waals surface area (Å²) >= 11 is 0. The summed E-state index contributed by atoms with van der Waals surface area (Å²) in [6.07, 6.45) is 0.315. The molecule has 0 radical (unpaired) electrons. The number of benzene rings is 1. The predicted octanol–water partition coefficient (Wildman–Crippen LogP) is 1.62. The van der Waals surface area contributed by atoms with E-state index >= 15 is 0 Å². The second-order valence-corrected chi connectivity index (χ2v) is 7.50. The van der Waals surface area contributed by atoms with Crippen LogP contribution in [0.2, 0.25) is 0 Å². The van der Waals surface area contributed by atoms with Crippen LogP contribution in [0.15, 0.2) is 29.3 Å². The molecule has 0 aliphatic carbocycles. The molecule has 1 rings (SSSR count). The summed E-state index contributed by atoms with van der Waals surface area (Å²) < 4.78 is 5.18. The van der Waals surface area contributed by atoms with Gasteiger partial charge in [-0.05, 0) is 44.9 Å². The molecule has 1 aromatic carbocycles. The molecule has 0 fully saturated rings. The molecular formula is C20H33N5O3. The molecule has 2 amide bonds. The largest absolute Gasteiger partial charge is 0.444 e. The predicted molar refractivity (Wildman–Crippen MR) is 112 cm³/mol. The Morgan fingerprint density at radius 2 is 1.71 bits per heavy atom. The number of rotatable bonds is 7. The minimum atomic E-state index is -0.510. The number of hydrogen-bond acceptors (Lipinski definition) is 4. The molecule has 0 spiro atoms. The molecule has 1 aromatic rings. The molecule has 8 nitrogen and oxygen atoms in total. The zero-order valence-corrected chi connectivity index (χ0v) is 17.8. The van der Waals surface area contributed by atoms with E-state index in [1.807, 2.05) is 45.0 Å². The lowest BCUT2D eigenvalue weighted by molar-refractivity contribution is 0.0528. The fourth-order valence-electron chi connectivity index (χ4n) is 2.32. The van der Waals surface area contributed by atoms with Gasteiger partial charge in [-0.25, -0.2) is 4.79 Å². The van der Waals surface area contributed by atoms with Gasteiger partial charge in [0.15, 0.2) is 5.96 Å². The van der Waals surface area contributed by atoms with Crippen LogP contribution < -0.4 is 16.0 Å². The average molecular weight is 392 g/mol. The lowest BCUT2D eigenvalue weighted by Gasteiger charge is -2.20. The van der Waals surface area contributed by atoms with E-state index < -0.39 is 11.7 Å². The third-order valence-electron chi connectivity index (χ3n) is 3.60. The highest BCUT2D eigenvalue weighted by Crippen LogP contribution is 2.08. The second-order valence-electron chi connectivity index (χ2n) is 7.50. The number of ether oxygens (including phenoxy) is 1. The minimum Gasteiger partial charge on any atom is -0.444 e. The molecule has 0 saturated carbocycles. The van der Waals surface area contributed by atoms with Gasteiger partial charge in [0.1, 0.15) is 5.60 Å². The van der Waals surface area contributed by atoms with Gasteiger partial charge >= 0.3 is 6.09 Å². The molecule has 28 heavy (non-hydrogen) atoms. The van der Waals surface area contributed by atoms with Crippen molar-refractivity contribution in [2.45, 2.75) is 32.8 Å². The molecule has 156 valence electrons. The summed E-state index contributed by atoms with van der Waals surface area (Å²) in [4.78, 5) is 29.3. The van der Waals surface area contributed by atoms with Gasteiger partial charge in [0.2, 0.25) is 0 Å². The first kappa shape index (κ1) is 23.3. The van der Waals surface area contributed by atoms with E-state index in [1.165, 1.54) is 0 Å². The van der Waals surface area contributed by atoms with Crippen LogP contribution in [0.4, 0.5) is 4.79 Å². The van der Waals surface area contributed by atoms with Crippen LogP contribution in [0, 0.1) is 0 Å². The average Bonchev–Trinajstić information content (AvgIpc) is 2.61. The lowest BCUT2D eigenvalue weighted by Crippen LogP contribution is -2.43. The highest BCUT2D eigenvalue weighted by Gasteiger charge is 2.15. The van der Waals surface area contributed by atoms with Gasteiger partial charge < -0.3 is 25.6 Å². The Morgan fingerprint density at radius 1 is 1.07 bits per heavy atom. The summed E-state index contributed by atoms with van der Waals surface area (Å²) in [5.74, 6) is 0.635. The van der Waals surface area contributed by atoms with Crippen molar-refractivity contribution in [1.82, 2.24) is 20.9 Å². The Morgan fingerprint density at radius 3 is 2.32 bits per heavy atom. The number of alkyl carbamates (subject to hydrolysis) is 1. The van der Waals surface area contributed by atoms with Crippen molar-refractivity contribution < 1.29 is 14.3 Å². The summed E-state index contributed by atoms with van der Waals surface area (Å²) in [5, 5.41) is 9.03. The topological polar surface area (TPSA) is 95.1 Å². The van der Waals surface area contributed by atoms with Gasteiger partial charge in [0.05, 0.1) is 0 Å². The van der Waals surface area contributed by atoms with E-state index in [1.54, 1.807) is 26.0 Å². The van der Waals surface area contributed by atoms with Gasteiger partial charge in [0.25, 0.3) is 5.91 Å². The molecule has 0 saturated heterocycles. The third kappa shape index (κ3) is 9.25. The summed E-state index contributed by atoms with van der Waals surface area (Å²) in [6, 6.07) is 7.61. The first-order valence-electron chi connectivity index (χ1n) is 9.34. The Kier molecular flexibility index (Phi) is 9.27. The number of carbonyl (C=O) groups is 2. The van der Waals surface area contributed by atoms with Crippen molar-refractivity contribution in [2.24, 2.45) is 4.99 Å². The Balaban J connectivity index is 2.35. The minimum absolute atomic E-state index is 0.00947. The Bertz CT molecular complexity index is 681. The van der Waals surface area contributed by atoms with E-state index in [4.69, 9.17) is 4.74 Å². The highest BCUT2D eigenvalue weighted by atomic mass is 16.6. The highest BCUT2D eigenvalue weighted by molar-refractivity contribution is 5.94. The van der Waals surface area contributed by atoms with Crippen molar-refractivity contribution in [2.75, 3.05) is 40.8 Å². The zero-order valence-electron chi connectivity index (χ0n) is 17.8. The molecule has 0 atom stereocenters. The van der Waals surface area contributed by atoms with Gasteiger partial charge in [-0.1, -0.05) is 12.1 Å². The number of guanidine groups is 1. The molecule has 0 aliphatic heterocycles. The first-order chi connectivity index (χ1) is 13.1. The van der Waals surface area contributed by atoms with Crippen LogP contribution >= 0.6 is 0 Å². The number of nitrogens with one attached hydrogen (secondary N) is 3. The van der Waals surface area contributed by atoms with Crippen LogP contribution in [0.1, 0.15) is 36.7 Å². The number of hydrogen-bond donors (Lipinski definition) is 3. The van der Waals surface area contributed by atoms with Crippen molar-refractivity contribution in [3.05, 3.63) is 35.4 Å². The monoisotopic (exact) mass is 391 g/mol. The SMILES string of the molecule is CN=C(NCCNC(=O)OC(C)(C)C)NCCc1cccc(C(=O)N(C)C)c1. The summed E-state index contributed by atoms with van der Waals surface area (Å²) in [5.41, 5.74) is 1.24. The van der Waals surface area contributed by atoms with Gasteiger partial charge in [-0.2, -0.15) is 0 Å². The first-order valence-corrected chi connectivity index (χ1v) is 9.34. The molecular weight excluding hydrogens is 358 g/mol. The van der Waals surface area contributed by atoms with Crippen LogP contribution in [-0.4, -0.2) is 69.2 Å². The van der Waals surface area contributed by atoms with Crippen LogP contribution in [0.5, 0.6) is 0 Å². The number of carbonyl (C=O) groups excluding carboxylic acids is 2.